The van der Waals surface area contributed by atoms with Crippen molar-refractivity contribution in [2.45, 2.75) is 22.9 Å². The van der Waals surface area contributed by atoms with Gasteiger partial charge in [-0.3, -0.25) is 4.57 Å². The van der Waals surface area contributed by atoms with Crippen LogP contribution in [-0.4, -0.2) is 27.1 Å². The number of hydrogen-bond donors (Lipinski definition) is 2. The quantitative estimate of drug-likeness (QED) is 0.881. The molecule has 0 amide bonds. The van der Waals surface area contributed by atoms with Crippen LogP contribution in [0.2, 0.25) is 0 Å². The van der Waals surface area contributed by atoms with Gasteiger partial charge in [0.05, 0.1) is 0 Å². The highest BCUT2D eigenvalue weighted by atomic mass is 32.2. The van der Waals surface area contributed by atoms with Gasteiger partial charge in [-0.05, 0) is 24.6 Å². The second-order valence-electron chi connectivity index (χ2n) is 4.70. The zero-order valence-electron chi connectivity index (χ0n) is 10.9. The smallest absolute Gasteiger partial charge is 0.312 e. The highest BCUT2D eigenvalue weighted by Crippen LogP contribution is 2.40. The number of nitrogens with one attached hydrogen (secondary N) is 2. The minimum Gasteiger partial charge on any atom is -0.312 e. The lowest BCUT2D eigenvalue weighted by Crippen LogP contribution is -2.24. The van der Waals surface area contributed by atoms with Gasteiger partial charge in [0.1, 0.15) is 0 Å². The van der Waals surface area contributed by atoms with Gasteiger partial charge >= 0.3 is 5.69 Å². The maximum absolute atomic E-state index is 11.4. The molecule has 0 saturated heterocycles. The average Bonchev–Trinajstić information content (AvgIpc) is 2.93. The molecule has 2 aromatic rings. The van der Waals surface area contributed by atoms with E-state index < -0.39 is 0 Å². The first-order chi connectivity index (χ1) is 9.20. The van der Waals surface area contributed by atoms with E-state index >= 15 is 0 Å². The Kier molecular flexibility index (Phi) is 3.20. The lowest BCUT2D eigenvalue weighted by molar-refractivity contribution is 0.600. The van der Waals surface area contributed by atoms with Gasteiger partial charge in [-0.15, -0.1) is 5.10 Å². The van der Waals surface area contributed by atoms with Crippen LogP contribution in [0.25, 0.3) is 0 Å². The van der Waals surface area contributed by atoms with Crippen molar-refractivity contribution in [3.8, 4) is 0 Å². The molecule has 6 heteroatoms. The molecule has 1 aromatic carbocycles. The molecule has 2 atom stereocenters. The zero-order valence-corrected chi connectivity index (χ0v) is 11.7. The Morgan fingerprint density at radius 1 is 1.47 bits per heavy atom. The third-order valence-electron chi connectivity index (χ3n) is 3.59. The second-order valence-corrected chi connectivity index (χ2v) is 5.90. The number of thioether (sulfide) groups is 1. The molecule has 2 unspecified atom stereocenters. The summed E-state index contributed by atoms with van der Waals surface area (Å²) in [6.07, 6.45) is 0.993. The van der Waals surface area contributed by atoms with Crippen LogP contribution in [0.4, 0.5) is 0 Å². The molecule has 5 nitrogen and oxygen atoms in total. The fourth-order valence-corrected chi connectivity index (χ4v) is 3.87. The molecule has 19 heavy (non-hydrogen) atoms. The normalized spacial score (nSPS) is 21.6. The molecule has 0 radical (unpaired) electrons. The van der Waals surface area contributed by atoms with Gasteiger partial charge in [0, 0.05) is 18.3 Å². The van der Waals surface area contributed by atoms with Crippen molar-refractivity contribution < 1.29 is 0 Å². The van der Waals surface area contributed by atoms with Crippen LogP contribution in [0.15, 0.2) is 34.2 Å². The van der Waals surface area contributed by atoms with E-state index in [-0.39, 0.29) is 5.69 Å². The number of H-pyrrole nitrogens is 1. The second kappa shape index (κ2) is 4.86. The van der Waals surface area contributed by atoms with Crippen LogP contribution in [-0.2, 0) is 13.5 Å². The van der Waals surface area contributed by atoms with Crippen molar-refractivity contribution in [1.82, 2.24) is 20.1 Å². The van der Waals surface area contributed by atoms with Crippen LogP contribution in [0.1, 0.15) is 17.2 Å². The Morgan fingerprint density at radius 3 is 2.95 bits per heavy atom. The number of benzene rings is 1. The molecule has 1 aliphatic carbocycles. The molecule has 1 heterocycles. The lowest BCUT2D eigenvalue weighted by Gasteiger charge is -2.18. The van der Waals surface area contributed by atoms with Crippen LogP contribution >= 0.6 is 11.8 Å². The minimum absolute atomic E-state index is 0.168. The fraction of sp³-hybridized carbons (Fsp3) is 0.385. The van der Waals surface area contributed by atoms with Crippen LogP contribution in [0.3, 0.4) is 0 Å². The highest BCUT2D eigenvalue weighted by Gasteiger charge is 2.32. The molecule has 1 aliphatic rings. The number of rotatable bonds is 3. The summed E-state index contributed by atoms with van der Waals surface area (Å²) >= 11 is 1.65. The first-order valence-electron chi connectivity index (χ1n) is 6.24. The van der Waals surface area contributed by atoms with Gasteiger partial charge in [-0.1, -0.05) is 36.0 Å². The van der Waals surface area contributed by atoms with E-state index in [1.54, 1.807) is 23.4 Å². The zero-order chi connectivity index (χ0) is 13.4. The third-order valence-corrected chi connectivity index (χ3v) is 4.91. The summed E-state index contributed by atoms with van der Waals surface area (Å²) in [5.74, 6) is 0. The summed E-state index contributed by atoms with van der Waals surface area (Å²) in [7, 11) is 3.72. The number of fused-ring (bicyclic) bond motifs is 1. The average molecular weight is 276 g/mol. The fourth-order valence-electron chi connectivity index (χ4n) is 2.58. The number of hydrogen-bond acceptors (Lipinski definition) is 4. The molecule has 100 valence electrons. The van der Waals surface area contributed by atoms with E-state index in [1.807, 2.05) is 7.05 Å². The Hall–Kier alpha value is -1.53. The summed E-state index contributed by atoms with van der Waals surface area (Å²) in [6.45, 7) is 0. The van der Waals surface area contributed by atoms with Crippen molar-refractivity contribution in [2.24, 2.45) is 7.05 Å². The summed E-state index contributed by atoms with van der Waals surface area (Å²) < 4.78 is 1.56. The Balaban J connectivity index is 1.87. The van der Waals surface area contributed by atoms with Gasteiger partial charge in [-0.2, -0.15) is 0 Å². The minimum atomic E-state index is -0.168. The van der Waals surface area contributed by atoms with Gasteiger partial charge in [0.15, 0.2) is 5.16 Å². The summed E-state index contributed by atoms with van der Waals surface area (Å²) in [5.41, 5.74) is 2.56. The first kappa shape index (κ1) is 12.5. The molecule has 0 fully saturated rings. The molecule has 0 bridgehead atoms. The van der Waals surface area contributed by atoms with Crippen molar-refractivity contribution in [3.05, 3.63) is 45.9 Å². The molecular weight excluding hydrogens is 260 g/mol. The van der Waals surface area contributed by atoms with E-state index in [4.69, 9.17) is 0 Å². The van der Waals surface area contributed by atoms with Crippen molar-refractivity contribution in [3.63, 3.8) is 0 Å². The van der Waals surface area contributed by atoms with Gasteiger partial charge < -0.3 is 5.32 Å². The molecular formula is C13H16N4OS. The van der Waals surface area contributed by atoms with E-state index in [2.05, 4.69) is 39.8 Å². The first-order valence-corrected chi connectivity index (χ1v) is 7.12. The summed E-state index contributed by atoms with van der Waals surface area (Å²) in [4.78, 5) is 11.4. The van der Waals surface area contributed by atoms with Crippen LogP contribution in [0.5, 0.6) is 0 Å². The molecule has 0 saturated carbocycles. The van der Waals surface area contributed by atoms with Gasteiger partial charge in [0.25, 0.3) is 0 Å². The SMILES string of the molecule is CNC1c2ccccc2CC1Sc1n[nH]c(=O)n1C. The third kappa shape index (κ3) is 2.11. The monoisotopic (exact) mass is 276 g/mol. The van der Waals surface area contributed by atoms with Crippen LogP contribution in [0, 0.1) is 0 Å². The Morgan fingerprint density at radius 2 is 2.26 bits per heavy atom. The van der Waals surface area contributed by atoms with E-state index in [0.717, 1.165) is 11.6 Å². The Labute approximate surface area is 115 Å². The number of nitrogens with zero attached hydrogens (tertiary/aromatic N) is 2. The molecule has 0 aliphatic heterocycles. The van der Waals surface area contributed by atoms with E-state index in [0.29, 0.717) is 11.3 Å². The molecule has 1 aromatic heterocycles. The topological polar surface area (TPSA) is 62.7 Å². The predicted octanol–water partition coefficient (Wildman–Crippen LogP) is 1.09. The summed E-state index contributed by atoms with van der Waals surface area (Å²) in [6, 6.07) is 8.78. The predicted molar refractivity (Wildman–Crippen MR) is 75.4 cm³/mol. The molecule has 0 spiro atoms. The van der Waals surface area contributed by atoms with Gasteiger partial charge in [0.2, 0.25) is 0 Å². The van der Waals surface area contributed by atoms with E-state index in [9.17, 15) is 4.79 Å². The van der Waals surface area contributed by atoms with Crippen molar-refractivity contribution in [2.75, 3.05) is 7.05 Å². The van der Waals surface area contributed by atoms with Gasteiger partial charge in [-0.25, -0.2) is 9.89 Å². The lowest BCUT2D eigenvalue weighted by atomic mass is 10.1. The van der Waals surface area contributed by atoms with Crippen molar-refractivity contribution in [1.29, 1.82) is 0 Å². The van der Waals surface area contributed by atoms with Crippen molar-refractivity contribution >= 4 is 11.8 Å². The largest absolute Gasteiger partial charge is 0.343 e. The van der Waals surface area contributed by atoms with Crippen LogP contribution < -0.4 is 11.0 Å². The molecule has 2 N–H and O–H groups in total. The number of aromatic amines is 1. The van der Waals surface area contributed by atoms with E-state index in [1.165, 1.54) is 11.1 Å². The maximum atomic E-state index is 11.4. The number of aromatic nitrogens is 3. The maximum Gasteiger partial charge on any atom is 0.343 e. The standard InChI is InChI=1S/C13H16N4OS/c1-14-11-9-6-4-3-5-8(9)7-10(11)19-13-16-15-12(18)17(13)2/h3-6,10-11,14H,7H2,1-2H3,(H,15,18). The molecule has 3 rings (SSSR count). The Bertz CT molecular complexity index is 648. The highest BCUT2D eigenvalue weighted by molar-refractivity contribution is 7.99. The summed E-state index contributed by atoms with van der Waals surface area (Å²) in [5, 5.41) is 11.0.